The molecular weight excluding hydrogens is 228 g/mol. The van der Waals surface area contributed by atoms with Gasteiger partial charge in [0.2, 0.25) is 0 Å². The molecule has 1 heterocycles. The van der Waals surface area contributed by atoms with Gasteiger partial charge in [-0.05, 0) is 26.2 Å². The van der Waals surface area contributed by atoms with Gasteiger partial charge in [-0.25, -0.2) is 4.79 Å². The molecular formula is C14H26N2O2. The van der Waals surface area contributed by atoms with Crippen molar-refractivity contribution < 1.29 is 9.53 Å². The third-order valence-electron chi connectivity index (χ3n) is 3.30. The number of carbonyl (C=O) groups is 1. The lowest BCUT2D eigenvalue weighted by atomic mass is 9.88. The van der Waals surface area contributed by atoms with E-state index in [0.717, 1.165) is 5.57 Å². The Morgan fingerprint density at radius 2 is 1.78 bits per heavy atom. The molecule has 2 amide bonds. The first-order chi connectivity index (χ1) is 8.20. The normalized spacial score (nSPS) is 26.1. The van der Waals surface area contributed by atoms with Crippen LogP contribution in [0.3, 0.4) is 0 Å². The molecule has 1 saturated heterocycles. The van der Waals surface area contributed by atoms with Crippen molar-refractivity contribution in [1.29, 1.82) is 0 Å². The van der Waals surface area contributed by atoms with Gasteiger partial charge in [0, 0.05) is 19.3 Å². The van der Waals surface area contributed by atoms with Crippen LogP contribution in [0.25, 0.3) is 0 Å². The van der Waals surface area contributed by atoms with E-state index in [0.29, 0.717) is 13.1 Å². The van der Waals surface area contributed by atoms with Crippen LogP contribution in [0.5, 0.6) is 0 Å². The molecule has 1 aliphatic rings. The van der Waals surface area contributed by atoms with Gasteiger partial charge >= 0.3 is 6.03 Å². The van der Waals surface area contributed by atoms with E-state index in [4.69, 9.17) is 4.74 Å². The van der Waals surface area contributed by atoms with E-state index in [-0.39, 0.29) is 23.7 Å². The quantitative estimate of drug-likeness (QED) is 0.781. The molecule has 1 N–H and O–H groups in total. The van der Waals surface area contributed by atoms with E-state index in [1.54, 1.807) is 0 Å². The molecule has 2 atom stereocenters. The molecule has 2 unspecified atom stereocenters. The van der Waals surface area contributed by atoms with Gasteiger partial charge in [-0.15, -0.1) is 0 Å². The fourth-order valence-electron chi connectivity index (χ4n) is 1.82. The van der Waals surface area contributed by atoms with Crippen LogP contribution < -0.4 is 5.32 Å². The number of hydrogen-bond acceptors (Lipinski definition) is 2. The zero-order valence-corrected chi connectivity index (χ0v) is 12.4. The van der Waals surface area contributed by atoms with E-state index in [9.17, 15) is 4.79 Å². The predicted molar refractivity (Wildman–Crippen MR) is 73.3 cm³/mol. The SMILES string of the molecule is C/C(=C\NC(=O)N1CC(C)OC(C)C1)C(C)(C)C. The molecule has 18 heavy (non-hydrogen) atoms. The van der Waals surface area contributed by atoms with Crippen molar-refractivity contribution in [2.24, 2.45) is 5.41 Å². The summed E-state index contributed by atoms with van der Waals surface area (Å²) in [6.07, 6.45) is 2.02. The number of carbonyl (C=O) groups excluding carboxylic acids is 1. The van der Waals surface area contributed by atoms with Crippen molar-refractivity contribution in [2.45, 2.75) is 53.8 Å². The van der Waals surface area contributed by atoms with Crippen LogP contribution in [0.2, 0.25) is 0 Å². The Morgan fingerprint density at radius 3 is 2.22 bits per heavy atom. The number of urea groups is 1. The van der Waals surface area contributed by atoms with Crippen molar-refractivity contribution in [1.82, 2.24) is 10.2 Å². The Hall–Kier alpha value is -1.03. The fourth-order valence-corrected chi connectivity index (χ4v) is 1.82. The van der Waals surface area contributed by atoms with Crippen LogP contribution in [0.4, 0.5) is 4.79 Å². The minimum atomic E-state index is -0.0411. The van der Waals surface area contributed by atoms with Crippen molar-refractivity contribution in [3.8, 4) is 0 Å². The summed E-state index contributed by atoms with van der Waals surface area (Å²) in [6.45, 7) is 13.7. The predicted octanol–water partition coefficient (Wildman–Crippen LogP) is 2.76. The maximum Gasteiger partial charge on any atom is 0.321 e. The summed E-state index contributed by atoms with van der Waals surface area (Å²) < 4.78 is 5.61. The topological polar surface area (TPSA) is 41.6 Å². The van der Waals surface area contributed by atoms with Gasteiger partial charge in [0.15, 0.2) is 0 Å². The molecule has 1 rings (SSSR count). The molecule has 0 aromatic rings. The van der Waals surface area contributed by atoms with E-state index >= 15 is 0 Å². The maximum absolute atomic E-state index is 12.0. The van der Waals surface area contributed by atoms with Gasteiger partial charge < -0.3 is 15.0 Å². The van der Waals surface area contributed by atoms with Gasteiger partial charge in [0.25, 0.3) is 0 Å². The molecule has 1 aliphatic heterocycles. The first-order valence-electron chi connectivity index (χ1n) is 6.58. The minimum Gasteiger partial charge on any atom is -0.372 e. The lowest BCUT2D eigenvalue weighted by molar-refractivity contribution is -0.0542. The number of nitrogens with zero attached hydrogens (tertiary/aromatic N) is 1. The monoisotopic (exact) mass is 254 g/mol. The molecule has 0 aliphatic carbocycles. The highest BCUT2D eigenvalue weighted by molar-refractivity contribution is 5.75. The summed E-state index contributed by atoms with van der Waals surface area (Å²) in [5, 5.41) is 2.87. The van der Waals surface area contributed by atoms with Gasteiger partial charge in [0.1, 0.15) is 0 Å². The van der Waals surface area contributed by atoms with E-state index in [1.807, 2.05) is 31.9 Å². The zero-order chi connectivity index (χ0) is 13.9. The van der Waals surface area contributed by atoms with Crippen LogP contribution in [0, 0.1) is 5.41 Å². The fraction of sp³-hybridized carbons (Fsp3) is 0.786. The average molecular weight is 254 g/mol. The number of hydrogen-bond donors (Lipinski definition) is 1. The molecule has 0 bridgehead atoms. The second-order valence-electron chi connectivity index (χ2n) is 6.19. The first-order valence-corrected chi connectivity index (χ1v) is 6.58. The highest BCUT2D eigenvalue weighted by Gasteiger charge is 2.25. The van der Waals surface area contributed by atoms with E-state index < -0.39 is 0 Å². The molecule has 1 fully saturated rings. The second kappa shape index (κ2) is 5.74. The third kappa shape index (κ3) is 4.33. The number of morpholine rings is 1. The largest absolute Gasteiger partial charge is 0.372 e. The zero-order valence-electron chi connectivity index (χ0n) is 12.4. The lowest BCUT2D eigenvalue weighted by Gasteiger charge is -2.35. The van der Waals surface area contributed by atoms with Crippen molar-refractivity contribution >= 4 is 6.03 Å². The summed E-state index contributed by atoms with van der Waals surface area (Å²) in [4.78, 5) is 13.8. The third-order valence-corrected chi connectivity index (χ3v) is 3.30. The number of allylic oxidation sites excluding steroid dienone is 1. The Bertz CT molecular complexity index is 321. The van der Waals surface area contributed by atoms with Crippen LogP contribution >= 0.6 is 0 Å². The standard InChI is InChI=1S/C14H26N2O2/c1-10(14(4,5)6)7-15-13(17)16-8-11(2)18-12(3)9-16/h7,11-12H,8-9H2,1-6H3,(H,15,17)/b10-7+. The van der Waals surface area contributed by atoms with Crippen LogP contribution in [-0.2, 0) is 4.74 Å². The van der Waals surface area contributed by atoms with Gasteiger partial charge in [-0.3, -0.25) is 0 Å². The Balaban J connectivity index is 2.56. The molecule has 0 radical (unpaired) electrons. The molecule has 104 valence electrons. The highest BCUT2D eigenvalue weighted by atomic mass is 16.5. The molecule has 0 aromatic heterocycles. The summed E-state index contributed by atoms with van der Waals surface area (Å²) in [6, 6.07) is -0.0411. The molecule has 4 heteroatoms. The Morgan fingerprint density at radius 1 is 1.28 bits per heavy atom. The Kier molecular flexibility index (Phi) is 4.79. The smallest absolute Gasteiger partial charge is 0.321 e. The second-order valence-corrected chi connectivity index (χ2v) is 6.19. The average Bonchev–Trinajstić information content (AvgIpc) is 2.22. The molecule has 0 saturated carbocycles. The number of nitrogens with one attached hydrogen (secondary N) is 1. The van der Waals surface area contributed by atoms with Crippen LogP contribution in [0.1, 0.15) is 41.5 Å². The summed E-state index contributed by atoms with van der Waals surface area (Å²) in [7, 11) is 0. The van der Waals surface area contributed by atoms with Crippen molar-refractivity contribution in [3.05, 3.63) is 11.8 Å². The molecule has 0 spiro atoms. The van der Waals surface area contributed by atoms with Crippen molar-refractivity contribution in [2.75, 3.05) is 13.1 Å². The van der Waals surface area contributed by atoms with Crippen LogP contribution in [-0.4, -0.2) is 36.2 Å². The number of amides is 2. The van der Waals surface area contributed by atoms with Gasteiger partial charge in [0.05, 0.1) is 12.2 Å². The van der Waals surface area contributed by atoms with Gasteiger partial charge in [-0.1, -0.05) is 26.3 Å². The lowest BCUT2D eigenvalue weighted by Crippen LogP contribution is -2.50. The van der Waals surface area contributed by atoms with Crippen LogP contribution in [0.15, 0.2) is 11.8 Å². The van der Waals surface area contributed by atoms with E-state index in [2.05, 4.69) is 26.1 Å². The number of rotatable bonds is 1. The maximum atomic E-state index is 12.0. The molecule has 4 nitrogen and oxygen atoms in total. The summed E-state index contributed by atoms with van der Waals surface area (Å²) >= 11 is 0. The summed E-state index contributed by atoms with van der Waals surface area (Å²) in [5.74, 6) is 0. The minimum absolute atomic E-state index is 0.0411. The summed E-state index contributed by atoms with van der Waals surface area (Å²) in [5.41, 5.74) is 1.24. The van der Waals surface area contributed by atoms with Crippen molar-refractivity contribution in [3.63, 3.8) is 0 Å². The first kappa shape index (κ1) is 15.0. The highest BCUT2D eigenvalue weighted by Crippen LogP contribution is 2.23. The Labute approximate surface area is 110 Å². The van der Waals surface area contributed by atoms with Gasteiger partial charge in [-0.2, -0.15) is 0 Å². The number of ether oxygens (including phenoxy) is 1. The molecule has 0 aromatic carbocycles. The van der Waals surface area contributed by atoms with E-state index in [1.165, 1.54) is 0 Å².